The summed E-state index contributed by atoms with van der Waals surface area (Å²) in [6.07, 6.45) is 5.54. The Bertz CT molecular complexity index is 392. The van der Waals surface area contributed by atoms with Crippen molar-refractivity contribution < 1.29 is 18.3 Å². The van der Waals surface area contributed by atoms with Gasteiger partial charge in [0.25, 0.3) is 0 Å². The molecule has 17 heavy (non-hydrogen) atoms. The standard InChI is InChI=1S/C11H19NO4S/c13-10(14)11(7-3-4-8-11)12-17(15,16)9-5-1-2-6-9/h9,12H,1-8H2,(H,13,14). The van der Waals surface area contributed by atoms with Gasteiger partial charge in [-0.3, -0.25) is 4.79 Å². The van der Waals surface area contributed by atoms with Crippen molar-refractivity contribution >= 4 is 16.0 Å². The molecule has 0 aromatic heterocycles. The van der Waals surface area contributed by atoms with Gasteiger partial charge in [0.05, 0.1) is 5.25 Å². The predicted molar refractivity (Wildman–Crippen MR) is 63.1 cm³/mol. The molecule has 0 radical (unpaired) electrons. The fourth-order valence-corrected chi connectivity index (χ4v) is 4.85. The van der Waals surface area contributed by atoms with Crippen LogP contribution in [0, 0.1) is 0 Å². The smallest absolute Gasteiger partial charge is 0.324 e. The molecule has 2 rings (SSSR count). The lowest BCUT2D eigenvalue weighted by atomic mass is 10.0. The molecule has 2 N–H and O–H groups in total. The molecule has 0 aliphatic heterocycles. The van der Waals surface area contributed by atoms with E-state index in [4.69, 9.17) is 0 Å². The number of sulfonamides is 1. The molecule has 5 nitrogen and oxygen atoms in total. The molecular weight excluding hydrogens is 242 g/mol. The van der Waals surface area contributed by atoms with Gasteiger partial charge in [0.2, 0.25) is 10.0 Å². The Labute approximate surface area is 102 Å². The van der Waals surface area contributed by atoms with Crippen LogP contribution >= 0.6 is 0 Å². The van der Waals surface area contributed by atoms with Crippen LogP contribution in [0.15, 0.2) is 0 Å². The normalized spacial score (nSPS) is 25.2. The van der Waals surface area contributed by atoms with E-state index in [0.29, 0.717) is 25.7 Å². The van der Waals surface area contributed by atoms with Crippen LogP contribution < -0.4 is 4.72 Å². The topological polar surface area (TPSA) is 83.5 Å². The monoisotopic (exact) mass is 261 g/mol. The minimum Gasteiger partial charge on any atom is -0.480 e. The number of aliphatic carboxylic acids is 1. The van der Waals surface area contributed by atoms with Gasteiger partial charge in [0.15, 0.2) is 0 Å². The first-order chi connectivity index (χ1) is 7.96. The number of nitrogens with one attached hydrogen (secondary N) is 1. The second-order valence-electron chi connectivity index (χ2n) is 5.15. The van der Waals surface area contributed by atoms with Gasteiger partial charge in [-0.1, -0.05) is 25.7 Å². The van der Waals surface area contributed by atoms with Crippen LogP contribution in [0.25, 0.3) is 0 Å². The van der Waals surface area contributed by atoms with Crippen LogP contribution in [-0.4, -0.2) is 30.3 Å². The Balaban J connectivity index is 2.15. The molecule has 2 aliphatic rings. The van der Waals surface area contributed by atoms with Crippen molar-refractivity contribution in [2.75, 3.05) is 0 Å². The number of hydrogen-bond acceptors (Lipinski definition) is 3. The summed E-state index contributed by atoms with van der Waals surface area (Å²) in [5.41, 5.74) is -1.23. The van der Waals surface area contributed by atoms with Crippen LogP contribution in [-0.2, 0) is 14.8 Å². The van der Waals surface area contributed by atoms with Crippen molar-refractivity contribution in [2.24, 2.45) is 0 Å². The quantitative estimate of drug-likeness (QED) is 0.797. The third-order valence-corrected chi connectivity index (χ3v) is 5.97. The summed E-state index contributed by atoms with van der Waals surface area (Å²) in [6, 6.07) is 0. The van der Waals surface area contributed by atoms with Gasteiger partial charge in [-0.25, -0.2) is 8.42 Å². The third-order valence-electron chi connectivity index (χ3n) is 3.95. The number of carbonyl (C=O) groups is 1. The van der Waals surface area contributed by atoms with E-state index >= 15 is 0 Å². The fourth-order valence-electron chi connectivity index (χ4n) is 2.89. The van der Waals surface area contributed by atoms with E-state index in [1.165, 1.54) is 0 Å². The first-order valence-corrected chi connectivity index (χ1v) is 7.77. The van der Waals surface area contributed by atoms with Crippen LogP contribution in [0.4, 0.5) is 0 Å². The number of carboxylic acid groups (broad SMARTS) is 1. The second kappa shape index (κ2) is 4.57. The Morgan fingerprint density at radius 3 is 2.12 bits per heavy atom. The molecule has 0 bridgehead atoms. The molecule has 98 valence electrons. The summed E-state index contributed by atoms with van der Waals surface area (Å²) in [5, 5.41) is 8.85. The van der Waals surface area contributed by atoms with Crippen molar-refractivity contribution in [1.82, 2.24) is 4.72 Å². The zero-order chi connectivity index (χ0) is 12.5. The minimum absolute atomic E-state index is 0.390. The lowest BCUT2D eigenvalue weighted by molar-refractivity contribution is -0.143. The molecule has 6 heteroatoms. The van der Waals surface area contributed by atoms with Gasteiger partial charge in [0, 0.05) is 0 Å². The van der Waals surface area contributed by atoms with E-state index in [-0.39, 0.29) is 5.25 Å². The lowest BCUT2D eigenvalue weighted by Gasteiger charge is -2.26. The van der Waals surface area contributed by atoms with E-state index in [1.807, 2.05) is 0 Å². The molecule has 2 saturated carbocycles. The average Bonchev–Trinajstić information content (AvgIpc) is 2.86. The number of carboxylic acids is 1. The van der Waals surface area contributed by atoms with Gasteiger partial charge >= 0.3 is 5.97 Å². The fraction of sp³-hybridized carbons (Fsp3) is 0.909. The summed E-state index contributed by atoms with van der Waals surface area (Å²) < 4.78 is 26.7. The molecule has 0 aromatic carbocycles. The van der Waals surface area contributed by atoms with Crippen molar-refractivity contribution in [1.29, 1.82) is 0 Å². The highest BCUT2D eigenvalue weighted by Gasteiger charge is 2.46. The van der Waals surface area contributed by atoms with E-state index in [9.17, 15) is 18.3 Å². The van der Waals surface area contributed by atoms with Crippen LogP contribution in [0.5, 0.6) is 0 Å². The third kappa shape index (κ3) is 2.47. The summed E-state index contributed by atoms with van der Waals surface area (Å²) in [4.78, 5) is 11.3. The van der Waals surface area contributed by atoms with Gasteiger partial charge in [0.1, 0.15) is 5.54 Å². The lowest BCUT2D eigenvalue weighted by Crippen LogP contribution is -2.54. The summed E-state index contributed by atoms with van der Waals surface area (Å²) in [6.45, 7) is 0. The predicted octanol–water partition coefficient (Wildman–Crippen LogP) is 1.25. The maximum Gasteiger partial charge on any atom is 0.324 e. The van der Waals surface area contributed by atoms with Crippen LogP contribution in [0.2, 0.25) is 0 Å². The molecule has 0 spiro atoms. The first kappa shape index (κ1) is 12.8. The molecule has 2 fully saturated rings. The largest absolute Gasteiger partial charge is 0.480 e. The van der Waals surface area contributed by atoms with E-state index in [1.54, 1.807) is 0 Å². The maximum absolute atomic E-state index is 12.1. The highest BCUT2D eigenvalue weighted by molar-refractivity contribution is 7.90. The van der Waals surface area contributed by atoms with Crippen LogP contribution in [0.3, 0.4) is 0 Å². The van der Waals surface area contributed by atoms with Gasteiger partial charge in [-0.15, -0.1) is 0 Å². The molecule has 0 heterocycles. The summed E-state index contributed by atoms with van der Waals surface area (Å²) >= 11 is 0. The van der Waals surface area contributed by atoms with Crippen molar-refractivity contribution in [3.63, 3.8) is 0 Å². The van der Waals surface area contributed by atoms with Crippen molar-refractivity contribution in [3.05, 3.63) is 0 Å². The van der Waals surface area contributed by atoms with E-state index < -0.39 is 21.5 Å². The van der Waals surface area contributed by atoms with E-state index in [2.05, 4.69) is 4.72 Å². The first-order valence-electron chi connectivity index (χ1n) is 6.22. The molecule has 2 aliphatic carbocycles. The molecule has 0 amide bonds. The van der Waals surface area contributed by atoms with Gasteiger partial charge in [-0.2, -0.15) is 4.72 Å². The van der Waals surface area contributed by atoms with E-state index in [0.717, 1.165) is 25.7 Å². The Morgan fingerprint density at radius 1 is 1.12 bits per heavy atom. The molecule has 0 aromatic rings. The van der Waals surface area contributed by atoms with Gasteiger partial charge < -0.3 is 5.11 Å². The SMILES string of the molecule is O=C(O)C1(NS(=O)(=O)C2CCCC2)CCCC1. The Hall–Kier alpha value is -0.620. The highest BCUT2D eigenvalue weighted by atomic mass is 32.2. The zero-order valence-corrected chi connectivity index (χ0v) is 10.6. The Kier molecular flexibility index (Phi) is 3.45. The highest BCUT2D eigenvalue weighted by Crippen LogP contribution is 2.33. The van der Waals surface area contributed by atoms with Crippen molar-refractivity contribution in [2.45, 2.75) is 62.2 Å². The number of rotatable bonds is 4. The average molecular weight is 261 g/mol. The minimum atomic E-state index is -3.48. The molecule has 0 unspecified atom stereocenters. The van der Waals surface area contributed by atoms with Crippen molar-refractivity contribution in [3.8, 4) is 0 Å². The summed E-state index contributed by atoms with van der Waals surface area (Å²) in [5.74, 6) is -1.03. The number of hydrogen-bond donors (Lipinski definition) is 2. The maximum atomic E-state index is 12.1. The molecule has 0 saturated heterocycles. The zero-order valence-electron chi connectivity index (χ0n) is 9.81. The van der Waals surface area contributed by atoms with Gasteiger partial charge in [-0.05, 0) is 25.7 Å². The summed E-state index contributed by atoms with van der Waals surface area (Å²) in [7, 11) is -3.48. The second-order valence-corrected chi connectivity index (χ2v) is 7.11. The Morgan fingerprint density at radius 2 is 1.65 bits per heavy atom. The molecular formula is C11H19NO4S. The van der Waals surface area contributed by atoms with Crippen LogP contribution in [0.1, 0.15) is 51.4 Å². The molecule has 0 atom stereocenters.